The molecule has 1 heterocycles. The van der Waals surface area contributed by atoms with Gasteiger partial charge < -0.3 is 9.88 Å². The van der Waals surface area contributed by atoms with E-state index < -0.39 is 0 Å². The number of aromatic nitrogens is 3. The molecule has 0 fully saturated rings. The fraction of sp³-hybridized carbons (Fsp3) is 0.111. The number of hydrogen-bond donors (Lipinski definition) is 1. The van der Waals surface area contributed by atoms with Crippen LogP contribution in [0.2, 0.25) is 10.0 Å². The van der Waals surface area contributed by atoms with Gasteiger partial charge in [0, 0.05) is 18.3 Å². The minimum atomic E-state index is -0.219. The molecule has 27 heavy (non-hydrogen) atoms. The van der Waals surface area contributed by atoms with Gasteiger partial charge in [-0.2, -0.15) is 5.26 Å². The average molecular weight is 418 g/mol. The Morgan fingerprint density at radius 3 is 2.70 bits per heavy atom. The molecule has 9 heteroatoms. The first-order valence-corrected chi connectivity index (χ1v) is 9.50. The van der Waals surface area contributed by atoms with Crippen molar-refractivity contribution in [1.82, 2.24) is 14.8 Å². The summed E-state index contributed by atoms with van der Waals surface area (Å²) in [6, 6.07) is 14.1. The van der Waals surface area contributed by atoms with Crippen LogP contribution < -0.4 is 5.32 Å². The van der Waals surface area contributed by atoms with Gasteiger partial charge in [0.05, 0.1) is 21.4 Å². The molecule has 0 aliphatic carbocycles. The van der Waals surface area contributed by atoms with Crippen molar-refractivity contribution >= 4 is 46.6 Å². The third-order valence-corrected chi connectivity index (χ3v) is 5.32. The molecule has 0 atom stereocenters. The van der Waals surface area contributed by atoms with E-state index in [1.165, 1.54) is 11.8 Å². The maximum absolute atomic E-state index is 12.2. The Morgan fingerprint density at radius 1 is 1.22 bits per heavy atom. The first kappa shape index (κ1) is 19.2. The second kappa shape index (κ2) is 8.44. The smallest absolute Gasteiger partial charge is 0.234 e. The molecule has 0 bridgehead atoms. The van der Waals surface area contributed by atoms with Crippen molar-refractivity contribution in [3.63, 3.8) is 0 Å². The van der Waals surface area contributed by atoms with Crippen LogP contribution in [0.15, 0.2) is 47.6 Å². The van der Waals surface area contributed by atoms with E-state index in [2.05, 4.69) is 15.5 Å². The number of benzene rings is 2. The van der Waals surface area contributed by atoms with Gasteiger partial charge in [0.2, 0.25) is 5.91 Å². The minimum Gasteiger partial charge on any atom is -0.325 e. The third kappa shape index (κ3) is 4.42. The zero-order valence-electron chi connectivity index (χ0n) is 14.1. The summed E-state index contributed by atoms with van der Waals surface area (Å²) in [5.74, 6) is 0.553. The lowest BCUT2D eigenvalue weighted by Gasteiger charge is -2.07. The lowest BCUT2D eigenvalue weighted by molar-refractivity contribution is -0.113. The minimum absolute atomic E-state index is 0.145. The number of nitrogens with zero attached hydrogens (tertiary/aromatic N) is 4. The normalized spacial score (nSPS) is 10.4. The van der Waals surface area contributed by atoms with Gasteiger partial charge >= 0.3 is 0 Å². The molecule has 136 valence electrons. The van der Waals surface area contributed by atoms with Crippen LogP contribution in [-0.4, -0.2) is 26.4 Å². The van der Waals surface area contributed by atoms with Crippen LogP contribution in [-0.2, 0) is 11.8 Å². The fourth-order valence-corrected chi connectivity index (χ4v) is 3.48. The van der Waals surface area contributed by atoms with Crippen molar-refractivity contribution < 1.29 is 4.79 Å². The van der Waals surface area contributed by atoms with E-state index in [9.17, 15) is 4.79 Å². The van der Waals surface area contributed by atoms with E-state index in [0.717, 1.165) is 5.56 Å². The molecule has 0 aliphatic heterocycles. The predicted octanol–water partition coefficient (Wildman–Crippen LogP) is 4.39. The summed E-state index contributed by atoms with van der Waals surface area (Å²) < 4.78 is 1.79. The number of rotatable bonds is 5. The average Bonchev–Trinajstić information content (AvgIpc) is 3.01. The molecule has 0 spiro atoms. The van der Waals surface area contributed by atoms with Crippen LogP contribution in [0, 0.1) is 11.3 Å². The molecule has 2 aromatic carbocycles. The SMILES string of the molecule is Cn1c(SCC(=O)Nc2ccc(C#N)c(Cl)c2)nnc1-c1ccccc1Cl. The van der Waals surface area contributed by atoms with E-state index in [1.807, 2.05) is 31.3 Å². The molecule has 1 N–H and O–H groups in total. The van der Waals surface area contributed by atoms with Crippen LogP contribution in [0.1, 0.15) is 5.56 Å². The monoisotopic (exact) mass is 417 g/mol. The van der Waals surface area contributed by atoms with E-state index in [1.54, 1.807) is 28.8 Å². The molecule has 0 radical (unpaired) electrons. The molecular weight excluding hydrogens is 405 g/mol. The van der Waals surface area contributed by atoms with Crippen LogP contribution in [0.3, 0.4) is 0 Å². The topological polar surface area (TPSA) is 83.6 Å². The molecule has 0 saturated carbocycles. The van der Waals surface area contributed by atoms with Crippen molar-refractivity contribution in [3.8, 4) is 17.5 Å². The van der Waals surface area contributed by atoms with Crippen molar-refractivity contribution in [2.24, 2.45) is 7.05 Å². The number of nitriles is 1. The summed E-state index contributed by atoms with van der Waals surface area (Å²) in [6.07, 6.45) is 0. The molecule has 0 unspecified atom stereocenters. The van der Waals surface area contributed by atoms with Crippen molar-refractivity contribution in [2.75, 3.05) is 11.1 Å². The molecule has 6 nitrogen and oxygen atoms in total. The van der Waals surface area contributed by atoms with Gasteiger partial charge in [0.15, 0.2) is 11.0 Å². The Bertz CT molecular complexity index is 1040. The van der Waals surface area contributed by atoms with Gasteiger partial charge in [-0.25, -0.2) is 0 Å². The molecule has 3 rings (SSSR count). The van der Waals surface area contributed by atoms with Gasteiger partial charge in [0.1, 0.15) is 6.07 Å². The van der Waals surface area contributed by atoms with Crippen molar-refractivity contribution in [2.45, 2.75) is 5.16 Å². The Hall–Kier alpha value is -2.53. The molecular formula is C18H13Cl2N5OS. The second-order valence-corrected chi connectivity index (χ2v) is 7.25. The maximum atomic E-state index is 12.2. The second-order valence-electron chi connectivity index (χ2n) is 5.49. The number of carbonyl (C=O) groups is 1. The molecule has 0 saturated heterocycles. The number of halogens is 2. The number of hydrogen-bond acceptors (Lipinski definition) is 5. The highest BCUT2D eigenvalue weighted by Crippen LogP contribution is 2.28. The van der Waals surface area contributed by atoms with Gasteiger partial charge in [-0.3, -0.25) is 4.79 Å². The molecule has 1 aromatic heterocycles. The van der Waals surface area contributed by atoms with Gasteiger partial charge in [0.25, 0.3) is 0 Å². The zero-order chi connectivity index (χ0) is 19.4. The summed E-state index contributed by atoms with van der Waals surface area (Å²) >= 11 is 13.4. The summed E-state index contributed by atoms with van der Waals surface area (Å²) in [4.78, 5) is 12.2. The maximum Gasteiger partial charge on any atom is 0.234 e. The molecule has 0 aliphatic rings. The molecule has 3 aromatic rings. The van der Waals surface area contributed by atoms with E-state index in [-0.39, 0.29) is 11.7 Å². The molecule has 1 amide bonds. The summed E-state index contributed by atoms with van der Waals surface area (Å²) in [6.45, 7) is 0. The zero-order valence-corrected chi connectivity index (χ0v) is 16.4. The highest BCUT2D eigenvalue weighted by molar-refractivity contribution is 7.99. The summed E-state index contributed by atoms with van der Waals surface area (Å²) in [7, 11) is 1.82. The van der Waals surface area contributed by atoms with Crippen molar-refractivity contribution in [3.05, 3.63) is 58.1 Å². The van der Waals surface area contributed by atoms with Gasteiger partial charge in [-0.15, -0.1) is 10.2 Å². The van der Waals surface area contributed by atoms with Crippen LogP contribution >= 0.6 is 35.0 Å². The highest BCUT2D eigenvalue weighted by Gasteiger charge is 2.15. The first-order valence-electron chi connectivity index (χ1n) is 7.76. The first-order chi connectivity index (χ1) is 13.0. The van der Waals surface area contributed by atoms with Crippen LogP contribution in [0.5, 0.6) is 0 Å². The summed E-state index contributed by atoms with van der Waals surface area (Å²) in [5.41, 5.74) is 1.66. The Kier molecular flexibility index (Phi) is 6.01. The lowest BCUT2D eigenvalue weighted by atomic mass is 10.2. The van der Waals surface area contributed by atoms with Crippen LogP contribution in [0.4, 0.5) is 5.69 Å². The van der Waals surface area contributed by atoms with Crippen LogP contribution in [0.25, 0.3) is 11.4 Å². The predicted molar refractivity (Wildman–Crippen MR) is 107 cm³/mol. The van der Waals surface area contributed by atoms with Gasteiger partial charge in [-0.05, 0) is 30.3 Å². The van der Waals surface area contributed by atoms with E-state index in [4.69, 9.17) is 28.5 Å². The lowest BCUT2D eigenvalue weighted by Crippen LogP contribution is -2.14. The highest BCUT2D eigenvalue weighted by atomic mass is 35.5. The number of nitrogens with one attached hydrogen (secondary N) is 1. The number of anilines is 1. The Morgan fingerprint density at radius 2 is 2.00 bits per heavy atom. The largest absolute Gasteiger partial charge is 0.325 e. The van der Waals surface area contributed by atoms with Crippen molar-refractivity contribution in [1.29, 1.82) is 5.26 Å². The number of thioether (sulfide) groups is 1. The standard InChI is InChI=1S/C18H13Cl2N5OS/c1-25-17(13-4-2-3-5-14(13)19)23-24-18(25)27-10-16(26)22-12-7-6-11(9-21)15(20)8-12/h2-8H,10H2,1H3,(H,22,26). The Labute approximate surface area is 170 Å². The van der Waals surface area contributed by atoms with E-state index in [0.29, 0.717) is 32.3 Å². The summed E-state index contributed by atoms with van der Waals surface area (Å²) in [5, 5.41) is 21.4. The van der Waals surface area contributed by atoms with E-state index >= 15 is 0 Å². The fourth-order valence-electron chi connectivity index (χ4n) is 2.33. The quantitative estimate of drug-likeness (QED) is 0.622. The Balaban J connectivity index is 1.65. The number of amides is 1. The van der Waals surface area contributed by atoms with Gasteiger partial charge in [-0.1, -0.05) is 47.1 Å². The number of carbonyl (C=O) groups excluding carboxylic acids is 1. The third-order valence-electron chi connectivity index (χ3n) is 3.66.